The van der Waals surface area contributed by atoms with Crippen LogP contribution in [0.3, 0.4) is 0 Å². The van der Waals surface area contributed by atoms with E-state index in [0.717, 1.165) is 23.5 Å². The van der Waals surface area contributed by atoms with E-state index in [4.69, 9.17) is 23.2 Å². The standard InChI is InChI=1S/C13H10Cl2N2/c1-8-2-3-11-9(4-8)6-17-7-10(14)5-12(17)13(15)16-11/h2-5,7H,6H2,1H3. The van der Waals surface area contributed by atoms with Gasteiger partial charge in [-0.25, -0.2) is 4.99 Å². The summed E-state index contributed by atoms with van der Waals surface area (Å²) in [6, 6.07) is 8.01. The van der Waals surface area contributed by atoms with Crippen molar-refractivity contribution >= 4 is 34.1 Å². The topological polar surface area (TPSA) is 17.3 Å². The number of benzene rings is 1. The van der Waals surface area contributed by atoms with Crippen LogP contribution in [-0.4, -0.2) is 9.74 Å². The van der Waals surface area contributed by atoms with Crippen molar-refractivity contribution in [3.8, 4) is 0 Å². The first-order valence-electron chi connectivity index (χ1n) is 5.33. The van der Waals surface area contributed by atoms with Crippen LogP contribution in [0.4, 0.5) is 5.69 Å². The molecule has 2 nitrogen and oxygen atoms in total. The van der Waals surface area contributed by atoms with Crippen molar-refractivity contribution < 1.29 is 0 Å². The van der Waals surface area contributed by atoms with Crippen LogP contribution in [-0.2, 0) is 6.54 Å². The molecule has 86 valence electrons. The summed E-state index contributed by atoms with van der Waals surface area (Å²) < 4.78 is 2.03. The molecule has 0 atom stereocenters. The molecule has 0 aliphatic carbocycles. The number of nitrogens with zero attached hydrogens (tertiary/aromatic N) is 2. The Bertz CT molecular complexity index is 626. The second-order valence-electron chi connectivity index (χ2n) is 4.21. The Balaban J connectivity index is 2.22. The smallest absolute Gasteiger partial charge is 0.153 e. The van der Waals surface area contributed by atoms with Gasteiger partial charge in [0.15, 0.2) is 5.17 Å². The molecular formula is C13H10Cl2N2. The highest BCUT2D eigenvalue weighted by molar-refractivity contribution is 6.69. The number of fused-ring (bicyclic) bond motifs is 2. The molecule has 0 bridgehead atoms. The Hall–Kier alpha value is -1.25. The molecule has 0 saturated carbocycles. The summed E-state index contributed by atoms with van der Waals surface area (Å²) >= 11 is 12.2. The molecular weight excluding hydrogens is 255 g/mol. The highest BCUT2D eigenvalue weighted by Gasteiger charge is 2.16. The highest BCUT2D eigenvalue weighted by Crippen LogP contribution is 2.29. The summed E-state index contributed by atoms with van der Waals surface area (Å²) in [7, 11) is 0. The van der Waals surface area contributed by atoms with Crippen LogP contribution in [0.5, 0.6) is 0 Å². The fourth-order valence-electron chi connectivity index (χ4n) is 2.07. The molecule has 1 aromatic heterocycles. The van der Waals surface area contributed by atoms with Crippen molar-refractivity contribution in [3.63, 3.8) is 0 Å². The highest BCUT2D eigenvalue weighted by atomic mass is 35.5. The SMILES string of the molecule is Cc1ccc2c(c1)Cn1cc(Cl)cc1C(Cl)=N2. The third-order valence-electron chi connectivity index (χ3n) is 2.87. The van der Waals surface area contributed by atoms with E-state index < -0.39 is 0 Å². The van der Waals surface area contributed by atoms with Gasteiger partial charge in [0.2, 0.25) is 0 Å². The molecule has 1 aliphatic rings. The molecule has 3 rings (SSSR count). The maximum absolute atomic E-state index is 6.20. The molecule has 0 saturated heterocycles. The van der Waals surface area contributed by atoms with E-state index in [1.165, 1.54) is 5.56 Å². The van der Waals surface area contributed by atoms with Crippen LogP contribution in [0.1, 0.15) is 16.8 Å². The van der Waals surface area contributed by atoms with E-state index in [1.54, 1.807) is 0 Å². The number of rotatable bonds is 0. The minimum Gasteiger partial charge on any atom is -0.339 e. The van der Waals surface area contributed by atoms with E-state index >= 15 is 0 Å². The molecule has 0 spiro atoms. The average molecular weight is 265 g/mol. The van der Waals surface area contributed by atoms with E-state index in [2.05, 4.69) is 18.0 Å². The summed E-state index contributed by atoms with van der Waals surface area (Å²) in [5.41, 5.74) is 4.18. The van der Waals surface area contributed by atoms with Crippen LogP contribution in [0.25, 0.3) is 0 Å². The minimum absolute atomic E-state index is 0.486. The van der Waals surface area contributed by atoms with Crippen molar-refractivity contribution in [1.82, 2.24) is 4.57 Å². The van der Waals surface area contributed by atoms with Crippen molar-refractivity contribution in [3.05, 3.63) is 52.3 Å². The number of aliphatic imine (C=N–C) groups is 1. The molecule has 0 unspecified atom stereocenters. The fraction of sp³-hybridized carbons (Fsp3) is 0.154. The Morgan fingerprint density at radius 2 is 2.06 bits per heavy atom. The molecule has 2 heterocycles. The Kier molecular flexibility index (Phi) is 2.49. The van der Waals surface area contributed by atoms with Crippen molar-refractivity contribution in [2.24, 2.45) is 4.99 Å². The average Bonchev–Trinajstić information content (AvgIpc) is 2.58. The molecule has 0 N–H and O–H groups in total. The zero-order chi connectivity index (χ0) is 12.0. The normalized spacial score (nSPS) is 13.7. The van der Waals surface area contributed by atoms with Gasteiger partial charge in [-0.05, 0) is 24.6 Å². The summed E-state index contributed by atoms with van der Waals surface area (Å²) in [6.07, 6.45) is 1.88. The van der Waals surface area contributed by atoms with Gasteiger partial charge in [0.05, 0.1) is 16.4 Å². The maximum Gasteiger partial charge on any atom is 0.153 e. The molecule has 17 heavy (non-hydrogen) atoms. The Morgan fingerprint density at radius 1 is 1.24 bits per heavy atom. The van der Waals surface area contributed by atoms with Gasteiger partial charge in [-0.15, -0.1) is 0 Å². The molecule has 0 radical (unpaired) electrons. The van der Waals surface area contributed by atoms with Crippen LogP contribution < -0.4 is 0 Å². The van der Waals surface area contributed by atoms with Crippen molar-refractivity contribution in [2.45, 2.75) is 13.5 Å². The maximum atomic E-state index is 6.20. The van der Waals surface area contributed by atoms with Crippen LogP contribution >= 0.6 is 23.2 Å². The van der Waals surface area contributed by atoms with E-state index in [9.17, 15) is 0 Å². The summed E-state index contributed by atoms with van der Waals surface area (Å²) in [6.45, 7) is 2.82. The second-order valence-corrected chi connectivity index (χ2v) is 5.00. The van der Waals surface area contributed by atoms with E-state index in [0.29, 0.717) is 10.2 Å². The number of aryl methyl sites for hydroxylation is 1. The van der Waals surface area contributed by atoms with Gasteiger partial charge in [-0.1, -0.05) is 40.9 Å². The first-order valence-corrected chi connectivity index (χ1v) is 6.09. The molecule has 1 aliphatic heterocycles. The lowest BCUT2D eigenvalue weighted by atomic mass is 10.1. The predicted molar refractivity (Wildman–Crippen MR) is 71.8 cm³/mol. The minimum atomic E-state index is 0.486. The van der Waals surface area contributed by atoms with Crippen molar-refractivity contribution in [2.75, 3.05) is 0 Å². The largest absolute Gasteiger partial charge is 0.339 e. The Morgan fingerprint density at radius 3 is 2.88 bits per heavy atom. The van der Waals surface area contributed by atoms with E-state index in [1.807, 2.05) is 29.0 Å². The van der Waals surface area contributed by atoms with Gasteiger partial charge in [0.1, 0.15) is 0 Å². The quantitative estimate of drug-likeness (QED) is 0.681. The molecule has 1 aromatic carbocycles. The van der Waals surface area contributed by atoms with Gasteiger partial charge in [-0.2, -0.15) is 0 Å². The van der Waals surface area contributed by atoms with Crippen LogP contribution in [0, 0.1) is 6.92 Å². The third-order valence-corrected chi connectivity index (χ3v) is 3.35. The molecule has 4 heteroatoms. The summed E-state index contributed by atoms with van der Waals surface area (Å²) in [4.78, 5) is 4.44. The number of aromatic nitrogens is 1. The van der Waals surface area contributed by atoms with Crippen LogP contribution in [0.15, 0.2) is 35.5 Å². The predicted octanol–water partition coefficient (Wildman–Crippen LogP) is 4.13. The number of hydrogen-bond donors (Lipinski definition) is 0. The lowest BCUT2D eigenvalue weighted by molar-refractivity contribution is 0.804. The van der Waals surface area contributed by atoms with Gasteiger partial charge in [0.25, 0.3) is 0 Å². The van der Waals surface area contributed by atoms with Gasteiger partial charge < -0.3 is 4.57 Å². The lowest BCUT2D eigenvalue weighted by Crippen LogP contribution is -2.03. The molecule has 0 amide bonds. The van der Waals surface area contributed by atoms with Gasteiger partial charge >= 0.3 is 0 Å². The summed E-state index contributed by atoms with van der Waals surface area (Å²) in [5.74, 6) is 0. The van der Waals surface area contributed by atoms with Crippen LogP contribution in [0.2, 0.25) is 5.02 Å². The first-order chi connectivity index (χ1) is 8.13. The fourth-order valence-corrected chi connectivity index (χ4v) is 2.55. The monoisotopic (exact) mass is 264 g/mol. The number of halogens is 2. The number of hydrogen-bond acceptors (Lipinski definition) is 1. The second kappa shape index (κ2) is 3.90. The zero-order valence-corrected chi connectivity index (χ0v) is 10.8. The van der Waals surface area contributed by atoms with Gasteiger partial charge in [-0.3, -0.25) is 0 Å². The summed E-state index contributed by atoms with van der Waals surface area (Å²) in [5, 5.41) is 1.17. The third kappa shape index (κ3) is 1.88. The van der Waals surface area contributed by atoms with Crippen molar-refractivity contribution in [1.29, 1.82) is 0 Å². The first kappa shape index (κ1) is 10.9. The van der Waals surface area contributed by atoms with Gasteiger partial charge in [0, 0.05) is 12.7 Å². The Labute approximate surface area is 109 Å². The zero-order valence-electron chi connectivity index (χ0n) is 9.24. The van der Waals surface area contributed by atoms with E-state index in [-0.39, 0.29) is 0 Å². The molecule has 0 fully saturated rings. The molecule has 2 aromatic rings. The lowest BCUT2D eigenvalue weighted by Gasteiger charge is -2.06.